The maximum atomic E-state index is 5.78. The molecule has 0 fully saturated rings. The van der Waals surface area contributed by atoms with Crippen molar-refractivity contribution in [2.24, 2.45) is 0 Å². The number of rotatable bonds is 4. The van der Waals surface area contributed by atoms with E-state index in [0.29, 0.717) is 5.92 Å². The minimum atomic E-state index is -0.0553. The summed E-state index contributed by atoms with van der Waals surface area (Å²) in [5, 5.41) is 0. The van der Waals surface area contributed by atoms with Crippen molar-refractivity contribution in [2.75, 3.05) is 0 Å². The summed E-state index contributed by atoms with van der Waals surface area (Å²) in [5.41, 5.74) is 1.22. The van der Waals surface area contributed by atoms with E-state index in [1.165, 1.54) is 5.56 Å². The van der Waals surface area contributed by atoms with Gasteiger partial charge in [0.15, 0.2) is 0 Å². The normalized spacial score (nSPS) is 12.9. The van der Waals surface area contributed by atoms with Crippen LogP contribution in [0.4, 0.5) is 0 Å². The molecule has 0 amide bonds. The lowest BCUT2D eigenvalue weighted by atomic mass is 9.98. The molecule has 1 aromatic rings. The Labute approximate surface area is 115 Å². The molecule has 1 rings (SSSR count). The van der Waals surface area contributed by atoms with Crippen LogP contribution < -0.4 is 4.74 Å². The Morgan fingerprint density at radius 1 is 1.31 bits per heavy atom. The van der Waals surface area contributed by atoms with Crippen LogP contribution in [0.25, 0.3) is 0 Å². The number of ether oxygens (including phenoxy) is 1. The van der Waals surface area contributed by atoms with Crippen molar-refractivity contribution >= 4 is 31.9 Å². The molecular formula is C13H17Br2O. The summed E-state index contributed by atoms with van der Waals surface area (Å²) in [4.78, 5) is 0. The van der Waals surface area contributed by atoms with E-state index in [1.807, 2.05) is 13.0 Å². The van der Waals surface area contributed by atoms with Gasteiger partial charge >= 0.3 is 0 Å². The van der Waals surface area contributed by atoms with E-state index in [2.05, 4.69) is 58.7 Å². The fourth-order valence-corrected chi connectivity index (χ4v) is 2.84. The van der Waals surface area contributed by atoms with Crippen molar-refractivity contribution in [1.82, 2.24) is 0 Å². The molecule has 0 N–H and O–H groups in total. The highest BCUT2D eigenvalue weighted by atomic mass is 79.9. The number of hydrogen-bond donors (Lipinski definition) is 0. The number of hydrogen-bond acceptors (Lipinski definition) is 1. The van der Waals surface area contributed by atoms with Crippen molar-refractivity contribution in [1.29, 1.82) is 0 Å². The third-order valence-electron chi connectivity index (χ3n) is 2.50. The van der Waals surface area contributed by atoms with Crippen LogP contribution in [0.2, 0.25) is 0 Å². The lowest BCUT2D eigenvalue weighted by molar-refractivity contribution is 0.261. The predicted molar refractivity (Wildman–Crippen MR) is 76.0 cm³/mol. The Kier molecular flexibility index (Phi) is 5.32. The molecule has 0 aliphatic rings. The lowest BCUT2D eigenvalue weighted by Gasteiger charge is -2.19. The van der Waals surface area contributed by atoms with Crippen molar-refractivity contribution in [3.63, 3.8) is 0 Å². The van der Waals surface area contributed by atoms with Crippen molar-refractivity contribution in [3.8, 4) is 5.75 Å². The molecule has 1 radical (unpaired) electrons. The van der Waals surface area contributed by atoms with Crippen LogP contribution in [-0.4, -0.2) is 6.10 Å². The van der Waals surface area contributed by atoms with Crippen LogP contribution in [0.1, 0.15) is 38.7 Å². The van der Waals surface area contributed by atoms with Gasteiger partial charge in [-0.25, -0.2) is 0 Å². The fraction of sp³-hybridized carbons (Fsp3) is 0.462. The van der Waals surface area contributed by atoms with Crippen LogP contribution in [0.3, 0.4) is 0 Å². The molecule has 0 heterocycles. The van der Waals surface area contributed by atoms with Crippen LogP contribution in [-0.2, 0) is 0 Å². The Morgan fingerprint density at radius 2 is 1.94 bits per heavy atom. The van der Waals surface area contributed by atoms with Gasteiger partial charge in [-0.3, -0.25) is 0 Å². The Bertz CT molecular complexity index is 361. The van der Waals surface area contributed by atoms with Gasteiger partial charge in [0.2, 0.25) is 0 Å². The van der Waals surface area contributed by atoms with Crippen molar-refractivity contribution < 1.29 is 4.74 Å². The summed E-state index contributed by atoms with van der Waals surface area (Å²) in [7, 11) is 0. The third kappa shape index (κ3) is 3.49. The van der Waals surface area contributed by atoms with Gasteiger partial charge in [0.25, 0.3) is 0 Å². The molecule has 1 aromatic carbocycles. The second-order valence-corrected chi connectivity index (χ2v) is 5.81. The molecule has 1 nitrogen and oxygen atoms in total. The summed E-state index contributed by atoms with van der Waals surface area (Å²) in [6.45, 7) is 10.2. The SMILES string of the molecule is [CH2]C(C)Oc1c(Br)cc(Br)cc1C(C)CC. The highest BCUT2D eigenvalue weighted by molar-refractivity contribution is 9.11. The second-order valence-electron chi connectivity index (χ2n) is 4.04. The van der Waals surface area contributed by atoms with Crippen LogP contribution in [0, 0.1) is 6.92 Å². The van der Waals surface area contributed by atoms with Crippen LogP contribution in [0.5, 0.6) is 5.75 Å². The first-order chi connectivity index (χ1) is 7.45. The number of halogens is 2. The molecule has 89 valence electrons. The summed E-state index contributed by atoms with van der Waals surface area (Å²) < 4.78 is 7.82. The average Bonchev–Trinajstić information content (AvgIpc) is 2.20. The van der Waals surface area contributed by atoms with E-state index < -0.39 is 0 Å². The van der Waals surface area contributed by atoms with E-state index in [9.17, 15) is 0 Å². The highest BCUT2D eigenvalue weighted by Gasteiger charge is 2.15. The molecule has 0 saturated heterocycles. The maximum Gasteiger partial charge on any atom is 0.137 e. The zero-order valence-corrected chi connectivity index (χ0v) is 13.1. The van der Waals surface area contributed by atoms with Gasteiger partial charge in [0.1, 0.15) is 5.75 Å². The van der Waals surface area contributed by atoms with E-state index in [-0.39, 0.29) is 6.10 Å². The molecule has 0 aliphatic carbocycles. The molecular weight excluding hydrogens is 332 g/mol. The van der Waals surface area contributed by atoms with Crippen LogP contribution in [0.15, 0.2) is 21.1 Å². The van der Waals surface area contributed by atoms with Crippen molar-refractivity contribution in [3.05, 3.63) is 33.6 Å². The summed E-state index contributed by atoms with van der Waals surface area (Å²) in [5.74, 6) is 1.39. The lowest BCUT2D eigenvalue weighted by Crippen LogP contribution is -2.09. The van der Waals surface area contributed by atoms with Gasteiger partial charge in [-0.05, 0) is 59.8 Å². The van der Waals surface area contributed by atoms with Gasteiger partial charge in [0, 0.05) is 4.47 Å². The number of benzene rings is 1. The molecule has 0 spiro atoms. The van der Waals surface area contributed by atoms with E-state index >= 15 is 0 Å². The third-order valence-corrected chi connectivity index (χ3v) is 3.55. The highest BCUT2D eigenvalue weighted by Crippen LogP contribution is 2.38. The molecule has 16 heavy (non-hydrogen) atoms. The second kappa shape index (κ2) is 6.06. The maximum absolute atomic E-state index is 5.78. The standard InChI is InChI=1S/C13H17Br2O/c1-5-9(4)11-6-10(14)7-12(15)13(11)16-8(2)3/h6-9H,2,5H2,1,3-4H3. The monoisotopic (exact) mass is 347 g/mol. The zero-order chi connectivity index (χ0) is 12.3. The van der Waals surface area contributed by atoms with Gasteiger partial charge < -0.3 is 4.74 Å². The molecule has 2 atom stereocenters. The molecule has 0 aliphatic heterocycles. The van der Waals surface area contributed by atoms with E-state index in [0.717, 1.165) is 21.1 Å². The summed E-state index contributed by atoms with van der Waals surface area (Å²) in [6, 6.07) is 4.13. The molecule has 0 saturated carbocycles. The minimum Gasteiger partial charge on any atom is -0.489 e. The first-order valence-corrected chi connectivity index (χ1v) is 7.03. The molecule has 0 aromatic heterocycles. The Hall–Kier alpha value is -0.0200. The largest absolute Gasteiger partial charge is 0.489 e. The molecule has 2 unspecified atom stereocenters. The van der Waals surface area contributed by atoms with Gasteiger partial charge in [-0.15, -0.1) is 0 Å². The Balaban J connectivity index is 3.20. The van der Waals surface area contributed by atoms with E-state index in [4.69, 9.17) is 4.74 Å². The van der Waals surface area contributed by atoms with Gasteiger partial charge in [-0.1, -0.05) is 29.8 Å². The summed E-state index contributed by atoms with van der Waals surface area (Å²) >= 11 is 7.05. The first kappa shape index (κ1) is 14.0. The quantitative estimate of drug-likeness (QED) is 0.714. The van der Waals surface area contributed by atoms with Gasteiger partial charge in [-0.2, -0.15) is 0 Å². The average molecular weight is 349 g/mol. The topological polar surface area (TPSA) is 9.23 Å². The first-order valence-electron chi connectivity index (χ1n) is 5.44. The fourth-order valence-electron chi connectivity index (χ4n) is 1.49. The molecule has 3 heteroatoms. The van der Waals surface area contributed by atoms with Gasteiger partial charge in [0.05, 0.1) is 10.6 Å². The zero-order valence-electron chi connectivity index (χ0n) is 9.89. The Morgan fingerprint density at radius 3 is 2.44 bits per heavy atom. The van der Waals surface area contributed by atoms with Crippen LogP contribution >= 0.6 is 31.9 Å². The van der Waals surface area contributed by atoms with E-state index in [1.54, 1.807) is 0 Å². The summed E-state index contributed by atoms with van der Waals surface area (Å²) in [6.07, 6.45) is 1.03. The molecule has 0 bridgehead atoms. The minimum absolute atomic E-state index is 0.0553. The van der Waals surface area contributed by atoms with Crippen molar-refractivity contribution in [2.45, 2.75) is 39.2 Å². The smallest absolute Gasteiger partial charge is 0.137 e. The predicted octanol–water partition coefficient (Wildman–Crippen LogP) is 5.33.